The molecule has 0 radical (unpaired) electrons. The summed E-state index contributed by atoms with van der Waals surface area (Å²) in [4.78, 5) is 12.9. The number of hydrogen-bond acceptors (Lipinski definition) is 3. The molecule has 27 heavy (non-hydrogen) atoms. The fourth-order valence-corrected chi connectivity index (χ4v) is 4.89. The van der Waals surface area contributed by atoms with Gasteiger partial charge >= 0.3 is 0 Å². The Bertz CT molecular complexity index is 843. The van der Waals surface area contributed by atoms with Crippen LogP contribution in [0.1, 0.15) is 37.3 Å². The van der Waals surface area contributed by atoms with Crippen LogP contribution in [0.4, 0.5) is 0 Å². The molecule has 2 heterocycles. The lowest BCUT2D eigenvalue weighted by atomic mass is 9.91. The molecule has 2 N–H and O–H groups in total. The van der Waals surface area contributed by atoms with Crippen molar-refractivity contribution in [1.29, 1.82) is 0 Å². The molecule has 2 aliphatic heterocycles. The normalized spacial score (nSPS) is 25.3. The second-order valence-corrected chi connectivity index (χ2v) is 8.16. The third kappa shape index (κ3) is 3.02. The molecule has 1 aliphatic carbocycles. The van der Waals surface area contributed by atoms with Crippen molar-refractivity contribution in [3.8, 4) is 16.9 Å². The first-order valence-electron chi connectivity index (χ1n) is 10.1. The molecule has 1 saturated heterocycles. The smallest absolute Gasteiger partial charge is 0.224 e. The average Bonchev–Trinajstić information content (AvgIpc) is 3.42. The quantitative estimate of drug-likeness (QED) is 0.876. The monoisotopic (exact) mass is 362 g/mol. The molecule has 3 aliphatic rings. The van der Waals surface area contributed by atoms with E-state index >= 15 is 0 Å². The van der Waals surface area contributed by atoms with E-state index in [0.717, 1.165) is 61.2 Å². The summed E-state index contributed by atoms with van der Waals surface area (Å²) >= 11 is 0. The minimum Gasteiger partial charge on any atom is -0.492 e. The topological polar surface area (TPSA) is 50.4 Å². The molecule has 4 heteroatoms. The number of piperidine rings is 1. The zero-order valence-corrected chi connectivity index (χ0v) is 15.5. The molecule has 2 aromatic rings. The van der Waals surface area contributed by atoms with Gasteiger partial charge in [-0.15, -0.1) is 0 Å². The summed E-state index contributed by atoms with van der Waals surface area (Å²) < 4.78 is 6.05. The second kappa shape index (κ2) is 6.68. The van der Waals surface area contributed by atoms with Crippen LogP contribution in [-0.2, 0) is 4.79 Å². The number of para-hydroxylation sites is 1. The van der Waals surface area contributed by atoms with Crippen molar-refractivity contribution in [2.24, 2.45) is 11.3 Å². The molecule has 2 aromatic carbocycles. The standard InChI is InChI=1S/C23H26N2O2/c26-22(19-15-23(19)10-12-24-13-11-23)25-20-9-14-27-21-17(7-4-8-18(20)21)16-5-2-1-3-6-16/h1-8,19-20,24H,9-15H2,(H,25,26). The van der Waals surface area contributed by atoms with Gasteiger partial charge in [0.15, 0.2) is 0 Å². The van der Waals surface area contributed by atoms with Gasteiger partial charge in [0.2, 0.25) is 5.91 Å². The predicted molar refractivity (Wildman–Crippen MR) is 106 cm³/mol. The van der Waals surface area contributed by atoms with E-state index in [2.05, 4.69) is 41.0 Å². The summed E-state index contributed by atoms with van der Waals surface area (Å²) in [5.41, 5.74) is 3.64. The molecule has 0 aromatic heterocycles. The molecule has 1 saturated carbocycles. The molecule has 140 valence electrons. The maximum absolute atomic E-state index is 12.9. The number of carbonyl (C=O) groups is 1. The van der Waals surface area contributed by atoms with E-state index in [1.165, 1.54) is 0 Å². The zero-order valence-electron chi connectivity index (χ0n) is 15.5. The molecule has 1 spiro atoms. The zero-order chi connectivity index (χ0) is 18.3. The van der Waals surface area contributed by atoms with Gasteiger partial charge in [-0.1, -0.05) is 48.5 Å². The van der Waals surface area contributed by atoms with Crippen LogP contribution in [0, 0.1) is 11.3 Å². The van der Waals surface area contributed by atoms with Gasteiger partial charge in [0.25, 0.3) is 0 Å². The summed E-state index contributed by atoms with van der Waals surface area (Å²) in [6, 6.07) is 16.6. The van der Waals surface area contributed by atoms with Gasteiger partial charge in [0.1, 0.15) is 5.75 Å². The van der Waals surface area contributed by atoms with Crippen LogP contribution in [0.5, 0.6) is 5.75 Å². The Morgan fingerprint density at radius 3 is 2.70 bits per heavy atom. The highest BCUT2D eigenvalue weighted by atomic mass is 16.5. The van der Waals surface area contributed by atoms with Crippen LogP contribution >= 0.6 is 0 Å². The first kappa shape index (κ1) is 16.8. The first-order chi connectivity index (χ1) is 13.3. The van der Waals surface area contributed by atoms with E-state index in [1.807, 2.05) is 18.2 Å². The largest absolute Gasteiger partial charge is 0.492 e. The van der Waals surface area contributed by atoms with Gasteiger partial charge in [-0.3, -0.25) is 4.79 Å². The number of hydrogen-bond donors (Lipinski definition) is 2. The van der Waals surface area contributed by atoms with E-state index in [4.69, 9.17) is 4.74 Å². The Morgan fingerprint density at radius 1 is 1.07 bits per heavy atom. The van der Waals surface area contributed by atoms with Crippen molar-refractivity contribution in [3.63, 3.8) is 0 Å². The highest BCUT2D eigenvalue weighted by molar-refractivity contribution is 5.83. The van der Waals surface area contributed by atoms with Crippen molar-refractivity contribution >= 4 is 5.91 Å². The Kier molecular flexibility index (Phi) is 4.16. The van der Waals surface area contributed by atoms with E-state index in [-0.39, 0.29) is 23.3 Å². The van der Waals surface area contributed by atoms with Crippen molar-refractivity contribution in [1.82, 2.24) is 10.6 Å². The fourth-order valence-electron chi connectivity index (χ4n) is 4.89. The fraction of sp³-hybridized carbons (Fsp3) is 0.435. The van der Waals surface area contributed by atoms with Gasteiger partial charge in [0, 0.05) is 23.5 Å². The highest BCUT2D eigenvalue weighted by Crippen LogP contribution is 2.58. The minimum absolute atomic E-state index is 0.0456. The second-order valence-electron chi connectivity index (χ2n) is 8.16. The Morgan fingerprint density at radius 2 is 1.89 bits per heavy atom. The lowest BCUT2D eigenvalue weighted by Gasteiger charge is -2.29. The van der Waals surface area contributed by atoms with E-state index < -0.39 is 0 Å². The van der Waals surface area contributed by atoms with Crippen molar-refractivity contribution < 1.29 is 9.53 Å². The molecule has 0 bridgehead atoms. The van der Waals surface area contributed by atoms with Crippen molar-refractivity contribution in [3.05, 3.63) is 54.1 Å². The Hall–Kier alpha value is -2.33. The van der Waals surface area contributed by atoms with Crippen molar-refractivity contribution in [2.75, 3.05) is 19.7 Å². The Balaban J connectivity index is 1.37. The van der Waals surface area contributed by atoms with Crippen LogP contribution in [0.25, 0.3) is 11.1 Å². The summed E-state index contributed by atoms with van der Waals surface area (Å²) in [6.45, 7) is 2.73. The minimum atomic E-state index is 0.0456. The van der Waals surface area contributed by atoms with Gasteiger partial charge in [-0.05, 0) is 43.3 Å². The molecule has 2 unspecified atom stereocenters. The molecule has 1 amide bonds. The van der Waals surface area contributed by atoms with E-state index in [9.17, 15) is 4.79 Å². The number of rotatable bonds is 3. The molecule has 4 nitrogen and oxygen atoms in total. The SMILES string of the molecule is O=C(NC1CCOc2c(-c3ccccc3)cccc21)C1CC12CCNCC2. The van der Waals surface area contributed by atoms with Gasteiger partial charge < -0.3 is 15.4 Å². The predicted octanol–water partition coefficient (Wildman–Crippen LogP) is 3.68. The first-order valence-corrected chi connectivity index (χ1v) is 10.1. The molecule has 5 rings (SSSR count). The molecule has 2 fully saturated rings. The number of ether oxygens (including phenoxy) is 1. The maximum atomic E-state index is 12.9. The van der Waals surface area contributed by atoms with Crippen LogP contribution in [0.2, 0.25) is 0 Å². The average molecular weight is 362 g/mol. The van der Waals surface area contributed by atoms with Crippen molar-refractivity contribution in [2.45, 2.75) is 31.7 Å². The van der Waals surface area contributed by atoms with Crippen LogP contribution in [0.15, 0.2) is 48.5 Å². The van der Waals surface area contributed by atoms with E-state index in [1.54, 1.807) is 0 Å². The molecular weight excluding hydrogens is 336 g/mol. The van der Waals surface area contributed by atoms with Gasteiger partial charge in [-0.25, -0.2) is 0 Å². The van der Waals surface area contributed by atoms with Crippen LogP contribution < -0.4 is 15.4 Å². The molecular formula is C23H26N2O2. The number of nitrogens with one attached hydrogen (secondary N) is 2. The summed E-state index contributed by atoms with van der Waals surface area (Å²) in [7, 11) is 0. The lowest BCUT2D eigenvalue weighted by molar-refractivity contribution is -0.124. The van der Waals surface area contributed by atoms with E-state index in [0.29, 0.717) is 6.61 Å². The van der Waals surface area contributed by atoms with Gasteiger partial charge in [-0.2, -0.15) is 0 Å². The highest BCUT2D eigenvalue weighted by Gasteiger charge is 2.57. The summed E-state index contributed by atoms with van der Waals surface area (Å²) in [5.74, 6) is 1.36. The Labute approximate surface area is 160 Å². The van der Waals surface area contributed by atoms with Gasteiger partial charge in [0.05, 0.1) is 12.6 Å². The maximum Gasteiger partial charge on any atom is 0.224 e. The summed E-state index contributed by atoms with van der Waals surface area (Å²) in [6.07, 6.45) is 4.15. The third-order valence-electron chi connectivity index (χ3n) is 6.58. The summed E-state index contributed by atoms with van der Waals surface area (Å²) in [5, 5.41) is 6.76. The third-order valence-corrected chi connectivity index (χ3v) is 6.58. The number of amides is 1. The molecule has 2 atom stereocenters. The number of benzene rings is 2. The lowest BCUT2D eigenvalue weighted by Crippen LogP contribution is -2.36. The van der Waals surface area contributed by atoms with Crippen LogP contribution in [0.3, 0.4) is 0 Å². The number of carbonyl (C=O) groups excluding carboxylic acids is 1. The number of fused-ring (bicyclic) bond motifs is 1. The van der Waals surface area contributed by atoms with Crippen LogP contribution in [-0.4, -0.2) is 25.6 Å².